The molecule has 96 valence electrons. The van der Waals surface area contributed by atoms with Gasteiger partial charge in [0.05, 0.1) is 10.6 Å². The largest absolute Gasteiger partial charge is 0.313 e. The number of rotatable bonds is 1. The molecular weight excluding hydrogens is 254 g/mol. The Hall–Kier alpha value is -1.69. The molecule has 2 rings (SSSR count). The number of carbonyl (C=O) groups is 2. The highest BCUT2D eigenvalue weighted by Gasteiger charge is 2.40. The van der Waals surface area contributed by atoms with Crippen LogP contribution < -0.4 is 4.90 Å². The van der Waals surface area contributed by atoms with Gasteiger partial charge in [-0.05, 0) is 32.0 Å². The van der Waals surface area contributed by atoms with Crippen molar-refractivity contribution < 1.29 is 18.0 Å². The third-order valence-electron chi connectivity index (χ3n) is 3.18. The van der Waals surface area contributed by atoms with Gasteiger partial charge in [0, 0.05) is 12.6 Å². The number of hydrogen-bond donors (Lipinski definition) is 0. The quantitative estimate of drug-likeness (QED) is 0.712. The average Bonchev–Trinajstić information content (AvgIpc) is 2.33. The Balaban J connectivity index is 2.76. The minimum atomic E-state index is -3.70. The lowest BCUT2D eigenvalue weighted by Gasteiger charge is -2.29. The molecule has 1 aromatic rings. The monoisotopic (exact) mass is 267 g/mol. The van der Waals surface area contributed by atoms with Crippen LogP contribution in [0.2, 0.25) is 0 Å². The molecular formula is C12H13NO4S. The minimum absolute atomic E-state index is 0.0461. The van der Waals surface area contributed by atoms with E-state index in [1.54, 1.807) is 0 Å². The molecule has 18 heavy (non-hydrogen) atoms. The molecule has 5 nitrogen and oxygen atoms in total. The van der Waals surface area contributed by atoms with Crippen LogP contribution in [-0.4, -0.2) is 32.4 Å². The Morgan fingerprint density at radius 2 is 1.94 bits per heavy atom. The number of benzene rings is 1. The van der Waals surface area contributed by atoms with E-state index < -0.39 is 21.0 Å². The van der Waals surface area contributed by atoms with Gasteiger partial charge < -0.3 is 4.90 Å². The van der Waals surface area contributed by atoms with Crippen molar-refractivity contribution in [2.24, 2.45) is 0 Å². The second-order valence-corrected chi connectivity index (χ2v) is 6.56. The van der Waals surface area contributed by atoms with Crippen molar-refractivity contribution in [2.45, 2.75) is 24.0 Å². The van der Waals surface area contributed by atoms with Crippen molar-refractivity contribution in [1.29, 1.82) is 0 Å². The third-order valence-corrected chi connectivity index (χ3v) is 5.25. The van der Waals surface area contributed by atoms with Crippen molar-refractivity contribution in [3.8, 4) is 0 Å². The van der Waals surface area contributed by atoms with Crippen LogP contribution in [0.15, 0.2) is 23.1 Å². The van der Waals surface area contributed by atoms with E-state index in [1.807, 2.05) is 0 Å². The molecule has 6 heteroatoms. The lowest BCUT2D eigenvalue weighted by molar-refractivity contribution is -0.117. The Labute approximate surface area is 105 Å². The van der Waals surface area contributed by atoms with Gasteiger partial charge in [0.15, 0.2) is 15.6 Å². The predicted molar refractivity (Wildman–Crippen MR) is 66.5 cm³/mol. The number of amides is 1. The molecule has 1 atom stereocenters. The summed E-state index contributed by atoms with van der Waals surface area (Å²) in [5.41, 5.74) is 0.648. The maximum absolute atomic E-state index is 12.2. The fourth-order valence-electron chi connectivity index (χ4n) is 1.95. The third kappa shape index (κ3) is 1.64. The number of hydrogen-bond acceptors (Lipinski definition) is 4. The maximum atomic E-state index is 12.2. The summed E-state index contributed by atoms with van der Waals surface area (Å²) in [7, 11) is -2.17. The van der Waals surface area contributed by atoms with Crippen LogP contribution in [-0.2, 0) is 14.6 Å². The van der Waals surface area contributed by atoms with Gasteiger partial charge in [0.25, 0.3) is 0 Å². The minimum Gasteiger partial charge on any atom is -0.313 e. The number of ketones is 1. The number of carbonyl (C=O) groups excluding carboxylic acids is 2. The summed E-state index contributed by atoms with van der Waals surface area (Å²) in [6.45, 7) is 2.73. The lowest BCUT2D eigenvalue weighted by atomic mass is 10.1. The van der Waals surface area contributed by atoms with Gasteiger partial charge in [-0.25, -0.2) is 8.42 Å². The summed E-state index contributed by atoms with van der Waals surface area (Å²) in [5, 5.41) is -1.11. The van der Waals surface area contributed by atoms with E-state index in [0.717, 1.165) is 0 Å². The Morgan fingerprint density at radius 1 is 1.33 bits per heavy atom. The number of sulfone groups is 1. The molecule has 1 aromatic carbocycles. The summed E-state index contributed by atoms with van der Waals surface area (Å²) >= 11 is 0. The molecule has 1 heterocycles. The van der Waals surface area contributed by atoms with E-state index in [-0.39, 0.29) is 10.7 Å². The van der Waals surface area contributed by atoms with Crippen LogP contribution in [0.25, 0.3) is 0 Å². The smallest absolute Gasteiger partial charge is 0.245 e. The second kappa shape index (κ2) is 3.91. The van der Waals surface area contributed by atoms with Crippen LogP contribution in [0.4, 0.5) is 5.69 Å². The van der Waals surface area contributed by atoms with Crippen LogP contribution in [0, 0.1) is 0 Å². The molecule has 1 amide bonds. The number of anilines is 1. The number of fused-ring (bicyclic) bond motifs is 1. The van der Waals surface area contributed by atoms with Crippen molar-refractivity contribution in [1.82, 2.24) is 0 Å². The highest BCUT2D eigenvalue weighted by Crippen LogP contribution is 2.34. The van der Waals surface area contributed by atoms with E-state index in [0.29, 0.717) is 11.3 Å². The van der Waals surface area contributed by atoms with Crippen molar-refractivity contribution in [3.05, 3.63) is 23.8 Å². The van der Waals surface area contributed by atoms with Crippen LogP contribution in [0.1, 0.15) is 24.2 Å². The van der Waals surface area contributed by atoms with Gasteiger partial charge >= 0.3 is 0 Å². The van der Waals surface area contributed by atoms with E-state index in [2.05, 4.69) is 0 Å². The Kier molecular flexibility index (Phi) is 2.77. The van der Waals surface area contributed by atoms with Gasteiger partial charge in [0.2, 0.25) is 5.91 Å². The first-order valence-corrected chi connectivity index (χ1v) is 6.98. The Morgan fingerprint density at radius 3 is 2.50 bits per heavy atom. The zero-order chi connectivity index (χ0) is 13.7. The highest BCUT2D eigenvalue weighted by molar-refractivity contribution is 7.93. The molecule has 0 saturated heterocycles. The fourth-order valence-corrected chi connectivity index (χ4v) is 3.54. The molecule has 0 N–H and O–H groups in total. The topological polar surface area (TPSA) is 71.5 Å². The van der Waals surface area contributed by atoms with Gasteiger partial charge in [-0.3, -0.25) is 9.59 Å². The molecule has 1 aliphatic rings. The van der Waals surface area contributed by atoms with E-state index in [9.17, 15) is 18.0 Å². The zero-order valence-electron chi connectivity index (χ0n) is 10.3. The number of Topliss-reactive ketones (excluding diaryl/α,β-unsaturated/α-hetero) is 1. The van der Waals surface area contributed by atoms with Gasteiger partial charge in [-0.1, -0.05) is 0 Å². The maximum Gasteiger partial charge on any atom is 0.245 e. The first kappa shape index (κ1) is 12.8. The number of nitrogens with zero attached hydrogens (tertiary/aromatic N) is 1. The molecule has 0 saturated carbocycles. The molecule has 0 radical (unpaired) electrons. The molecule has 1 aliphatic heterocycles. The van der Waals surface area contributed by atoms with E-state index in [4.69, 9.17) is 0 Å². The van der Waals surface area contributed by atoms with Gasteiger partial charge in [-0.2, -0.15) is 0 Å². The van der Waals surface area contributed by atoms with Crippen molar-refractivity contribution in [2.75, 3.05) is 11.9 Å². The second-order valence-electron chi connectivity index (χ2n) is 4.32. The molecule has 0 aromatic heterocycles. The SMILES string of the molecule is CC(=O)c1ccc2c(c1)S(=O)(=O)C(C)C(=O)N2C. The molecule has 0 fully saturated rings. The first-order valence-electron chi connectivity index (χ1n) is 5.43. The van der Waals surface area contributed by atoms with E-state index >= 15 is 0 Å². The zero-order valence-corrected chi connectivity index (χ0v) is 11.1. The van der Waals surface area contributed by atoms with Crippen LogP contribution >= 0.6 is 0 Å². The normalized spacial score (nSPS) is 21.6. The summed E-state index contributed by atoms with van der Waals surface area (Å²) in [6.07, 6.45) is 0. The van der Waals surface area contributed by atoms with Crippen molar-refractivity contribution in [3.63, 3.8) is 0 Å². The summed E-state index contributed by atoms with van der Waals surface area (Å²) in [6, 6.07) is 4.36. The van der Waals surface area contributed by atoms with Gasteiger partial charge in [-0.15, -0.1) is 0 Å². The van der Waals surface area contributed by atoms with Gasteiger partial charge in [0.1, 0.15) is 5.25 Å². The Bertz CT molecular complexity index is 648. The van der Waals surface area contributed by atoms with E-state index in [1.165, 1.54) is 44.0 Å². The molecule has 0 spiro atoms. The van der Waals surface area contributed by atoms with Crippen molar-refractivity contribution >= 4 is 27.2 Å². The lowest BCUT2D eigenvalue weighted by Crippen LogP contribution is -2.44. The molecule has 1 unspecified atom stereocenters. The first-order chi connectivity index (χ1) is 8.26. The standard InChI is InChI=1S/C12H13NO4S/c1-7(14)9-4-5-10-11(6-9)18(16,17)8(2)12(15)13(10)3/h4-6,8H,1-3H3. The highest BCUT2D eigenvalue weighted by atomic mass is 32.2. The molecule has 0 bridgehead atoms. The summed E-state index contributed by atoms with van der Waals surface area (Å²) < 4.78 is 24.4. The predicted octanol–water partition coefficient (Wildman–Crippen LogP) is 1.03. The summed E-state index contributed by atoms with van der Waals surface area (Å²) in [5.74, 6) is -0.668. The summed E-state index contributed by atoms with van der Waals surface area (Å²) in [4.78, 5) is 24.5. The fraction of sp³-hybridized carbons (Fsp3) is 0.333. The average molecular weight is 267 g/mol. The van der Waals surface area contributed by atoms with Crippen LogP contribution in [0.3, 0.4) is 0 Å². The van der Waals surface area contributed by atoms with Crippen LogP contribution in [0.5, 0.6) is 0 Å². The molecule has 0 aliphatic carbocycles.